The van der Waals surface area contributed by atoms with E-state index in [1.165, 1.54) is 12.8 Å². The summed E-state index contributed by atoms with van der Waals surface area (Å²) in [5.41, 5.74) is 9.06. The fourth-order valence-electron chi connectivity index (χ4n) is 3.42. The Morgan fingerprint density at radius 2 is 1.87 bits per heavy atom. The van der Waals surface area contributed by atoms with E-state index in [0.29, 0.717) is 23.7 Å². The van der Waals surface area contributed by atoms with Crippen molar-refractivity contribution in [2.24, 2.45) is 11.7 Å². The zero-order valence-electron chi connectivity index (χ0n) is 14.1. The van der Waals surface area contributed by atoms with E-state index >= 15 is 0 Å². The molecule has 2 atom stereocenters. The Kier molecular flexibility index (Phi) is 4.44. The summed E-state index contributed by atoms with van der Waals surface area (Å²) in [6.45, 7) is 6.32. The monoisotopic (exact) mass is 315 g/mol. The van der Waals surface area contributed by atoms with E-state index in [-0.39, 0.29) is 11.7 Å². The Hall–Kier alpha value is -1.81. The number of benzene rings is 1. The molecule has 3 rings (SSSR count). The van der Waals surface area contributed by atoms with E-state index in [4.69, 9.17) is 14.9 Å². The zero-order chi connectivity index (χ0) is 16.6. The Morgan fingerprint density at radius 3 is 2.61 bits per heavy atom. The molecule has 23 heavy (non-hydrogen) atoms. The largest absolute Gasteiger partial charge is 0.493 e. The van der Waals surface area contributed by atoms with Crippen LogP contribution in [0.1, 0.15) is 42.4 Å². The summed E-state index contributed by atoms with van der Waals surface area (Å²) >= 11 is 0. The van der Waals surface area contributed by atoms with Gasteiger partial charge in [0.25, 0.3) is 0 Å². The number of ether oxygens (including phenoxy) is 1. The Balaban J connectivity index is 1.89. The van der Waals surface area contributed by atoms with Crippen LogP contribution in [0.15, 0.2) is 21.3 Å². The first kappa shape index (κ1) is 16.1. The van der Waals surface area contributed by atoms with Crippen LogP contribution in [0.5, 0.6) is 5.75 Å². The molecule has 0 saturated heterocycles. The molecule has 1 heterocycles. The Bertz CT molecular complexity index is 778. The molecule has 4 nitrogen and oxygen atoms in total. The molecular formula is C19H25NO3. The van der Waals surface area contributed by atoms with Gasteiger partial charge < -0.3 is 14.9 Å². The van der Waals surface area contributed by atoms with E-state index in [1.807, 2.05) is 26.0 Å². The maximum Gasteiger partial charge on any atom is 0.339 e. The van der Waals surface area contributed by atoms with Gasteiger partial charge in [-0.3, -0.25) is 0 Å². The third kappa shape index (κ3) is 3.00. The van der Waals surface area contributed by atoms with Gasteiger partial charge in [0.2, 0.25) is 0 Å². The normalized spacial score (nSPS) is 21.6. The maximum atomic E-state index is 11.9. The summed E-state index contributed by atoms with van der Waals surface area (Å²) in [6, 6.07) is 4.18. The number of hydrogen-bond acceptors (Lipinski definition) is 4. The lowest BCUT2D eigenvalue weighted by molar-refractivity contribution is 0.187. The predicted molar refractivity (Wildman–Crippen MR) is 92.1 cm³/mol. The minimum Gasteiger partial charge on any atom is -0.493 e. The van der Waals surface area contributed by atoms with Crippen LogP contribution in [0.4, 0.5) is 0 Å². The van der Waals surface area contributed by atoms with Crippen LogP contribution in [0, 0.1) is 26.7 Å². The first-order chi connectivity index (χ1) is 11.0. The summed E-state index contributed by atoms with van der Waals surface area (Å²) in [5, 5.41) is 0.973. The van der Waals surface area contributed by atoms with Crippen LogP contribution < -0.4 is 16.1 Å². The quantitative estimate of drug-likeness (QED) is 0.879. The van der Waals surface area contributed by atoms with Gasteiger partial charge in [0.15, 0.2) is 0 Å². The van der Waals surface area contributed by atoms with E-state index in [1.54, 1.807) is 6.92 Å². The Labute approximate surface area is 136 Å². The third-order valence-corrected chi connectivity index (χ3v) is 5.24. The number of rotatable bonds is 3. The van der Waals surface area contributed by atoms with Crippen molar-refractivity contribution in [2.75, 3.05) is 6.61 Å². The lowest BCUT2D eigenvalue weighted by atomic mass is 9.86. The molecule has 124 valence electrons. The number of nitrogens with two attached hydrogens (primary N) is 1. The van der Waals surface area contributed by atoms with Crippen molar-refractivity contribution in [1.29, 1.82) is 0 Å². The average molecular weight is 315 g/mol. The van der Waals surface area contributed by atoms with Gasteiger partial charge in [0.05, 0.1) is 6.61 Å². The van der Waals surface area contributed by atoms with Crippen molar-refractivity contribution in [3.8, 4) is 5.75 Å². The summed E-state index contributed by atoms with van der Waals surface area (Å²) in [4.78, 5) is 11.9. The van der Waals surface area contributed by atoms with Crippen LogP contribution >= 0.6 is 0 Å². The second-order valence-electron chi connectivity index (χ2n) is 6.72. The highest BCUT2D eigenvalue weighted by atomic mass is 16.5. The number of aryl methyl sites for hydroxylation is 2. The van der Waals surface area contributed by atoms with E-state index in [2.05, 4.69) is 0 Å². The van der Waals surface area contributed by atoms with Gasteiger partial charge in [-0.2, -0.15) is 0 Å². The fourth-order valence-corrected chi connectivity index (χ4v) is 3.42. The topological polar surface area (TPSA) is 65.5 Å². The molecule has 1 aromatic carbocycles. The molecule has 1 fully saturated rings. The molecule has 0 amide bonds. The predicted octanol–water partition coefficient (Wildman–Crippen LogP) is 3.61. The molecule has 2 aromatic rings. The lowest BCUT2D eigenvalue weighted by Crippen LogP contribution is -2.36. The standard InChI is InChI=1S/C19H25NO3/c1-11-12(2)19(21)23-18-13(3)17(9-8-15(11)18)22-10-14-6-4-5-7-16(14)20/h8-9,14,16H,4-7,10,20H2,1-3H3/t14-,16-/m0/s1. The highest BCUT2D eigenvalue weighted by Crippen LogP contribution is 2.30. The van der Waals surface area contributed by atoms with Crippen molar-refractivity contribution < 1.29 is 9.15 Å². The average Bonchev–Trinajstić information content (AvgIpc) is 2.54. The number of fused-ring (bicyclic) bond motifs is 1. The van der Waals surface area contributed by atoms with Gasteiger partial charge in [-0.15, -0.1) is 0 Å². The van der Waals surface area contributed by atoms with Crippen molar-refractivity contribution in [1.82, 2.24) is 0 Å². The van der Waals surface area contributed by atoms with Crippen LogP contribution in [0.2, 0.25) is 0 Å². The van der Waals surface area contributed by atoms with Crippen LogP contribution in [0.3, 0.4) is 0 Å². The van der Waals surface area contributed by atoms with Crippen molar-refractivity contribution in [3.63, 3.8) is 0 Å². The molecule has 1 aliphatic rings. The van der Waals surface area contributed by atoms with Gasteiger partial charge in [-0.1, -0.05) is 12.8 Å². The minimum atomic E-state index is -0.274. The smallest absolute Gasteiger partial charge is 0.339 e. The van der Waals surface area contributed by atoms with Gasteiger partial charge in [0, 0.05) is 28.5 Å². The molecule has 2 N–H and O–H groups in total. The molecule has 4 heteroatoms. The van der Waals surface area contributed by atoms with E-state index in [9.17, 15) is 4.79 Å². The fraction of sp³-hybridized carbons (Fsp3) is 0.526. The minimum absolute atomic E-state index is 0.229. The summed E-state index contributed by atoms with van der Waals surface area (Å²) in [5.74, 6) is 1.19. The summed E-state index contributed by atoms with van der Waals surface area (Å²) in [6.07, 6.45) is 4.65. The van der Waals surface area contributed by atoms with Crippen molar-refractivity contribution >= 4 is 11.0 Å². The molecule has 0 aliphatic heterocycles. The van der Waals surface area contributed by atoms with Gasteiger partial charge in [-0.05, 0) is 51.3 Å². The molecule has 0 radical (unpaired) electrons. The molecule has 0 unspecified atom stereocenters. The van der Waals surface area contributed by atoms with Crippen LogP contribution in [-0.2, 0) is 0 Å². The molecule has 1 saturated carbocycles. The van der Waals surface area contributed by atoms with Crippen LogP contribution in [-0.4, -0.2) is 12.6 Å². The second kappa shape index (κ2) is 6.36. The first-order valence-electron chi connectivity index (χ1n) is 8.41. The molecule has 0 spiro atoms. The molecule has 0 bridgehead atoms. The second-order valence-corrected chi connectivity index (χ2v) is 6.72. The summed E-state index contributed by atoms with van der Waals surface area (Å²) < 4.78 is 11.5. The summed E-state index contributed by atoms with van der Waals surface area (Å²) in [7, 11) is 0. The van der Waals surface area contributed by atoms with E-state index in [0.717, 1.165) is 35.1 Å². The highest BCUT2D eigenvalue weighted by Gasteiger charge is 2.23. The Morgan fingerprint density at radius 1 is 1.13 bits per heavy atom. The van der Waals surface area contributed by atoms with Gasteiger partial charge >= 0.3 is 5.63 Å². The van der Waals surface area contributed by atoms with Crippen molar-refractivity contribution in [3.05, 3.63) is 39.2 Å². The molecule has 1 aromatic heterocycles. The zero-order valence-corrected chi connectivity index (χ0v) is 14.1. The number of hydrogen-bond donors (Lipinski definition) is 1. The SMILES string of the molecule is Cc1c(C)c2ccc(OC[C@@H]3CCCC[C@@H]3N)c(C)c2oc1=O. The molecular weight excluding hydrogens is 290 g/mol. The van der Waals surface area contributed by atoms with Crippen molar-refractivity contribution in [2.45, 2.75) is 52.5 Å². The first-order valence-corrected chi connectivity index (χ1v) is 8.41. The van der Waals surface area contributed by atoms with Crippen LogP contribution in [0.25, 0.3) is 11.0 Å². The third-order valence-electron chi connectivity index (χ3n) is 5.24. The maximum absolute atomic E-state index is 11.9. The molecule has 1 aliphatic carbocycles. The van der Waals surface area contributed by atoms with Gasteiger partial charge in [0.1, 0.15) is 11.3 Å². The highest BCUT2D eigenvalue weighted by molar-refractivity contribution is 5.85. The van der Waals surface area contributed by atoms with E-state index < -0.39 is 0 Å². The lowest BCUT2D eigenvalue weighted by Gasteiger charge is -2.28. The van der Waals surface area contributed by atoms with Gasteiger partial charge in [-0.25, -0.2) is 4.79 Å².